The van der Waals surface area contributed by atoms with Gasteiger partial charge < -0.3 is 9.47 Å². The van der Waals surface area contributed by atoms with Gasteiger partial charge >= 0.3 is 0 Å². The number of anilines is 3. The third-order valence-corrected chi connectivity index (χ3v) is 10.3. The Balaban J connectivity index is 1.13. The van der Waals surface area contributed by atoms with Gasteiger partial charge in [-0.2, -0.15) is 5.26 Å². The van der Waals surface area contributed by atoms with Crippen LogP contribution in [-0.4, -0.2) is 14.5 Å². The summed E-state index contributed by atoms with van der Waals surface area (Å²) in [6, 6.07) is 59.8. The van der Waals surface area contributed by atoms with E-state index in [0.717, 1.165) is 50.6 Å². The van der Waals surface area contributed by atoms with Crippen LogP contribution < -0.4 is 4.90 Å². The van der Waals surface area contributed by atoms with E-state index in [-0.39, 0.29) is 0 Å². The number of nitrogens with zero attached hydrogens (tertiary/aromatic N) is 5. The van der Waals surface area contributed by atoms with Gasteiger partial charge in [-0.25, -0.2) is 0 Å². The summed E-state index contributed by atoms with van der Waals surface area (Å²) in [6.45, 7) is 0. The first-order valence-corrected chi connectivity index (χ1v) is 17.9. The van der Waals surface area contributed by atoms with E-state index in [9.17, 15) is 5.26 Å². The zero-order valence-corrected chi connectivity index (χ0v) is 29.1. The molecule has 7 aromatic carbocycles. The first-order valence-electron chi connectivity index (χ1n) is 17.9. The molecule has 5 heteroatoms. The van der Waals surface area contributed by atoms with Crippen LogP contribution in [0.2, 0.25) is 0 Å². The fourth-order valence-corrected chi connectivity index (χ4v) is 7.86. The molecule has 0 saturated carbocycles. The second kappa shape index (κ2) is 12.9. The van der Waals surface area contributed by atoms with Crippen LogP contribution in [0.25, 0.3) is 71.6 Å². The topological polar surface area (TPSA) is 57.7 Å². The molecule has 0 spiro atoms. The number of pyridine rings is 2. The van der Waals surface area contributed by atoms with Gasteiger partial charge in [0.2, 0.25) is 0 Å². The fraction of sp³-hybridized carbons (Fsp3) is 0. The van der Waals surface area contributed by atoms with Gasteiger partial charge in [0, 0.05) is 69.4 Å². The van der Waals surface area contributed by atoms with Crippen molar-refractivity contribution in [3.8, 4) is 45.1 Å². The smallest absolute Gasteiger partial charge is 0.0991 e. The van der Waals surface area contributed by atoms with Crippen molar-refractivity contribution in [2.24, 2.45) is 0 Å². The van der Waals surface area contributed by atoms with Crippen LogP contribution in [0.1, 0.15) is 5.56 Å². The average Bonchev–Trinajstić information content (AvgIpc) is 3.60. The van der Waals surface area contributed by atoms with Gasteiger partial charge in [-0.15, -0.1) is 0 Å². The average molecular weight is 690 g/mol. The van der Waals surface area contributed by atoms with E-state index in [0.29, 0.717) is 5.56 Å². The first kappa shape index (κ1) is 31.2. The number of para-hydroxylation sites is 1. The summed E-state index contributed by atoms with van der Waals surface area (Å²) in [6.07, 6.45) is 7.37. The van der Waals surface area contributed by atoms with E-state index >= 15 is 0 Å². The highest BCUT2D eigenvalue weighted by atomic mass is 15.1. The molecule has 0 aliphatic carbocycles. The van der Waals surface area contributed by atoms with Crippen LogP contribution in [0, 0.1) is 11.3 Å². The van der Waals surface area contributed by atoms with E-state index in [1.165, 1.54) is 38.1 Å². The van der Waals surface area contributed by atoms with Gasteiger partial charge in [0.25, 0.3) is 0 Å². The minimum Gasteiger partial charge on any atom is -0.310 e. The summed E-state index contributed by atoms with van der Waals surface area (Å²) < 4.78 is 2.38. The van der Waals surface area contributed by atoms with Crippen LogP contribution in [0.5, 0.6) is 0 Å². The molecular formula is C49H31N5. The number of aromatic nitrogens is 3. The van der Waals surface area contributed by atoms with Crippen LogP contribution in [-0.2, 0) is 0 Å². The number of hydrogen-bond acceptors (Lipinski definition) is 4. The predicted octanol–water partition coefficient (Wildman–Crippen LogP) is 12.5. The molecule has 10 aromatic rings. The molecule has 3 aromatic heterocycles. The maximum atomic E-state index is 9.61. The highest BCUT2D eigenvalue weighted by molar-refractivity contribution is 6.26. The molecule has 0 aliphatic heterocycles. The number of hydrogen-bond donors (Lipinski definition) is 0. The highest BCUT2D eigenvalue weighted by Gasteiger charge is 2.20. The quantitative estimate of drug-likeness (QED) is 0.156. The lowest BCUT2D eigenvalue weighted by atomic mass is 9.94. The molecule has 3 heterocycles. The summed E-state index contributed by atoms with van der Waals surface area (Å²) in [5.74, 6) is 0. The Kier molecular flexibility index (Phi) is 7.45. The Labute approximate surface area is 312 Å². The van der Waals surface area contributed by atoms with Crippen molar-refractivity contribution < 1.29 is 0 Å². The van der Waals surface area contributed by atoms with Gasteiger partial charge in [-0.05, 0) is 124 Å². The lowest BCUT2D eigenvalue weighted by molar-refractivity contribution is 1.18. The normalized spacial score (nSPS) is 11.3. The molecule has 0 fully saturated rings. The van der Waals surface area contributed by atoms with Crippen molar-refractivity contribution in [1.29, 1.82) is 5.26 Å². The third-order valence-electron chi connectivity index (χ3n) is 10.3. The van der Waals surface area contributed by atoms with E-state index < -0.39 is 0 Å². The second-order valence-corrected chi connectivity index (χ2v) is 13.5. The molecular weight excluding hydrogens is 659 g/mol. The molecule has 54 heavy (non-hydrogen) atoms. The second-order valence-electron chi connectivity index (χ2n) is 13.5. The SMILES string of the molecule is N#Cc1ccc(N(c2ccc(-c3ccc4c5c3ccc3cccc(c35)n4-c3ccccc3)cc2)c2cc(-c3cccnc3)cc(-c3cccnc3)c2)cc1. The molecule has 252 valence electrons. The van der Waals surface area contributed by atoms with Crippen LogP contribution >= 0.6 is 0 Å². The molecule has 0 aliphatic rings. The zero-order chi connectivity index (χ0) is 36.0. The molecule has 0 amide bonds. The van der Waals surface area contributed by atoms with Crippen LogP contribution in [0.4, 0.5) is 17.1 Å². The summed E-state index contributed by atoms with van der Waals surface area (Å²) in [5, 5.41) is 14.7. The summed E-state index contributed by atoms with van der Waals surface area (Å²) >= 11 is 0. The molecule has 0 atom stereocenters. The van der Waals surface area contributed by atoms with Gasteiger partial charge in [0.05, 0.1) is 22.7 Å². The molecule has 0 radical (unpaired) electrons. The lowest BCUT2D eigenvalue weighted by Gasteiger charge is -2.27. The molecule has 0 bridgehead atoms. The van der Waals surface area contributed by atoms with E-state index in [4.69, 9.17) is 0 Å². The lowest BCUT2D eigenvalue weighted by Crippen LogP contribution is -2.10. The monoisotopic (exact) mass is 689 g/mol. The minimum atomic E-state index is 0.614. The first-order chi connectivity index (χ1) is 26.7. The standard InChI is InChI=1S/C49H31N5/c50-30-33-13-18-41(19-14-33)53(43-28-38(36-8-5-25-51-31-36)27-39(29-43)37-9-6-26-52-32-37)42-20-15-34(16-21-42)44-23-24-47-49-45(44)22-17-35-7-4-12-46(48(35)49)54(47)40-10-2-1-3-11-40/h1-29,31-32H. The molecule has 10 rings (SSSR count). The minimum absolute atomic E-state index is 0.614. The Morgan fingerprint density at radius 1 is 0.481 bits per heavy atom. The van der Waals surface area contributed by atoms with Crippen molar-refractivity contribution in [3.05, 3.63) is 194 Å². The number of rotatable bonds is 7. The Hall–Kier alpha value is -7.55. The Morgan fingerprint density at radius 3 is 1.80 bits per heavy atom. The van der Waals surface area contributed by atoms with Crippen molar-refractivity contribution in [3.63, 3.8) is 0 Å². The van der Waals surface area contributed by atoms with Crippen LogP contribution in [0.3, 0.4) is 0 Å². The van der Waals surface area contributed by atoms with Crippen LogP contribution in [0.15, 0.2) is 189 Å². The molecule has 0 saturated heterocycles. The summed E-state index contributed by atoms with van der Waals surface area (Å²) in [5.41, 5.74) is 13.6. The van der Waals surface area contributed by atoms with Crippen molar-refractivity contribution in [2.75, 3.05) is 4.90 Å². The van der Waals surface area contributed by atoms with E-state index in [1.54, 1.807) is 12.4 Å². The van der Waals surface area contributed by atoms with E-state index in [2.05, 4.69) is 153 Å². The molecule has 0 N–H and O–H groups in total. The van der Waals surface area contributed by atoms with Crippen molar-refractivity contribution >= 4 is 49.6 Å². The van der Waals surface area contributed by atoms with Gasteiger partial charge in [0.1, 0.15) is 0 Å². The van der Waals surface area contributed by atoms with Crippen molar-refractivity contribution in [1.82, 2.24) is 14.5 Å². The largest absolute Gasteiger partial charge is 0.310 e. The maximum Gasteiger partial charge on any atom is 0.0991 e. The molecule has 5 nitrogen and oxygen atoms in total. The van der Waals surface area contributed by atoms with Gasteiger partial charge in [0.15, 0.2) is 0 Å². The predicted molar refractivity (Wildman–Crippen MR) is 221 cm³/mol. The fourth-order valence-electron chi connectivity index (χ4n) is 7.86. The molecule has 0 unspecified atom stereocenters. The summed E-state index contributed by atoms with van der Waals surface area (Å²) in [7, 11) is 0. The third kappa shape index (κ3) is 5.25. The van der Waals surface area contributed by atoms with E-state index in [1.807, 2.05) is 48.8 Å². The van der Waals surface area contributed by atoms with Gasteiger partial charge in [-0.1, -0.05) is 72.8 Å². The Morgan fingerprint density at radius 2 is 1.15 bits per heavy atom. The zero-order valence-electron chi connectivity index (χ0n) is 29.1. The Bertz CT molecular complexity index is 2910. The van der Waals surface area contributed by atoms with Gasteiger partial charge in [-0.3, -0.25) is 9.97 Å². The van der Waals surface area contributed by atoms with Crippen molar-refractivity contribution in [2.45, 2.75) is 0 Å². The number of benzene rings is 7. The number of nitriles is 1. The maximum absolute atomic E-state index is 9.61. The highest BCUT2D eigenvalue weighted by Crippen LogP contribution is 2.44. The summed E-state index contributed by atoms with van der Waals surface area (Å²) in [4.78, 5) is 11.1.